The first-order chi connectivity index (χ1) is 9.38. The van der Waals surface area contributed by atoms with Crippen LogP contribution < -0.4 is 4.74 Å². The van der Waals surface area contributed by atoms with E-state index >= 15 is 0 Å². The minimum absolute atomic E-state index is 0.0987. The summed E-state index contributed by atoms with van der Waals surface area (Å²) in [5.41, 5.74) is -0.647. The van der Waals surface area contributed by atoms with Crippen LogP contribution in [-0.2, 0) is 5.60 Å². The van der Waals surface area contributed by atoms with Crippen LogP contribution in [-0.4, -0.2) is 12.2 Å². The minimum atomic E-state index is -1.07. The van der Waals surface area contributed by atoms with Gasteiger partial charge in [-0.25, -0.2) is 4.39 Å². The van der Waals surface area contributed by atoms with Gasteiger partial charge in [0.05, 0.1) is 12.7 Å². The smallest absolute Gasteiger partial charge is 0.132 e. The summed E-state index contributed by atoms with van der Waals surface area (Å²) < 4.78 is 19.4. The van der Waals surface area contributed by atoms with Crippen molar-refractivity contribution >= 4 is 0 Å². The summed E-state index contributed by atoms with van der Waals surface area (Å²) in [6.07, 6.45) is 2.67. The van der Waals surface area contributed by atoms with E-state index in [-0.39, 0.29) is 11.7 Å². The van der Waals surface area contributed by atoms with Gasteiger partial charge in [-0.1, -0.05) is 27.2 Å². The van der Waals surface area contributed by atoms with Crippen molar-refractivity contribution in [1.82, 2.24) is 0 Å². The summed E-state index contributed by atoms with van der Waals surface area (Å²) in [6, 6.07) is 4.78. The van der Waals surface area contributed by atoms with Crippen molar-refractivity contribution in [3.8, 4) is 5.75 Å². The second-order valence-electron chi connectivity index (χ2n) is 6.51. The molecule has 3 atom stereocenters. The van der Waals surface area contributed by atoms with E-state index in [0.29, 0.717) is 29.6 Å². The lowest BCUT2D eigenvalue weighted by molar-refractivity contribution is -0.0888. The third-order valence-electron chi connectivity index (χ3n) is 4.69. The highest BCUT2D eigenvalue weighted by molar-refractivity contribution is 5.33. The first-order valence-corrected chi connectivity index (χ1v) is 7.45. The van der Waals surface area contributed by atoms with Crippen molar-refractivity contribution < 1.29 is 14.2 Å². The summed E-state index contributed by atoms with van der Waals surface area (Å²) in [5.74, 6) is 0.957. The molecule has 1 N–H and O–H groups in total. The standard InChI is InChI=1S/C17H25FO2/c1-11(2)14-7-5-12(3)10-17(14,19)15-8-6-13(20-4)9-16(15)18/h6,8-9,11-12,14,19H,5,7,10H2,1-4H3. The van der Waals surface area contributed by atoms with Gasteiger partial charge in [0.2, 0.25) is 0 Å². The van der Waals surface area contributed by atoms with Gasteiger partial charge in [-0.15, -0.1) is 0 Å². The largest absolute Gasteiger partial charge is 0.497 e. The minimum Gasteiger partial charge on any atom is -0.497 e. The van der Waals surface area contributed by atoms with E-state index < -0.39 is 5.60 Å². The van der Waals surface area contributed by atoms with Gasteiger partial charge < -0.3 is 9.84 Å². The Morgan fingerprint density at radius 1 is 1.35 bits per heavy atom. The Morgan fingerprint density at radius 3 is 2.60 bits per heavy atom. The molecule has 1 aromatic rings. The van der Waals surface area contributed by atoms with Gasteiger partial charge in [0.1, 0.15) is 11.6 Å². The lowest BCUT2D eigenvalue weighted by Crippen LogP contribution is -2.43. The Hall–Kier alpha value is -1.09. The van der Waals surface area contributed by atoms with Crippen LogP contribution in [0.3, 0.4) is 0 Å². The number of halogens is 1. The van der Waals surface area contributed by atoms with E-state index in [2.05, 4.69) is 20.8 Å². The van der Waals surface area contributed by atoms with Gasteiger partial charge in [-0.05, 0) is 42.7 Å². The highest BCUT2D eigenvalue weighted by Crippen LogP contribution is 2.48. The molecular formula is C17H25FO2. The molecule has 1 saturated carbocycles. The number of rotatable bonds is 3. The predicted molar refractivity (Wildman–Crippen MR) is 78.2 cm³/mol. The zero-order valence-electron chi connectivity index (χ0n) is 12.8. The van der Waals surface area contributed by atoms with Gasteiger partial charge in [-0.3, -0.25) is 0 Å². The fourth-order valence-corrected chi connectivity index (χ4v) is 3.66. The van der Waals surface area contributed by atoms with Crippen molar-refractivity contribution in [3.05, 3.63) is 29.6 Å². The Bertz CT molecular complexity index is 472. The zero-order chi connectivity index (χ0) is 14.9. The maximum Gasteiger partial charge on any atom is 0.132 e. The first kappa shape index (κ1) is 15.3. The molecule has 0 aromatic heterocycles. The van der Waals surface area contributed by atoms with Gasteiger partial charge in [0.25, 0.3) is 0 Å². The number of benzene rings is 1. The van der Waals surface area contributed by atoms with E-state index in [1.807, 2.05) is 0 Å². The molecule has 2 rings (SSSR count). The Morgan fingerprint density at radius 2 is 2.05 bits per heavy atom. The van der Waals surface area contributed by atoms with Crippen LogP contribution in [0.15, 0.2) is 18.2 Å². The third-order valence-corrected chi connectivity index (χ3v) is 4.69. The molecule has 3 unspecified atom stereocenters. The van der Waals surface area contributed by atoms with Crippen molar-refractivity contribution in [3.63, 3.8) is 0 Å². The second kappa shape index (κ2) is 5.72. The lowest BCUT2D eigenvalue weighted by atomic mass is 9.64. The maximum absolute atomic E-state index is 14.4. The molecule has 1 aromatic carbocycles. The van der Waals surface area contributed by atoms with Crippen LogP contribution in [0.1, 0.15) is 45.6 Å². The molecule has 0 heterocycles. The van der Waals surface area contributed by atoms with Crippen LogP contribution in [0.4, 0.5) is 4.39 Å². The molecule has 0 aliphatic heterocycles. The fourth-order valence-electron chi connectivity index (χ4n) is 3.66. The van der Waals surface area contributed by atoms with Gasteiger partial charge in [0, 0.05) is 11.6 Å². The fraction of sp³-hybridized carbons (Fsp3) is 0.647. The molecule has 112 valence electrons. The quantitative estimate of drug-likeness (QED) is 0.902. The van der Waals surface area contributed by atoms with Crippen LogP contribution in [0, 0.1) is 23.6 Å². The lowest BCUT2D eigenvalue weighted by Gasteiger charge is -2.45. The molecule has 0 saturated heterocycles. The Balaban J connectivity index is 2.44. The van der Waals surface area contributed by atoms with Crippen molar-refractivity contribution in [2.45, 2.75) is 45.6 Å². The van der Waals surface area contributed by atoms with E-state index in [4.69, 9.17) is 4.74 Å². The van der Waals surface area contributed by atoms with Crippen LogP contribution in [0.2, 0.25) is 0 Å². The molecule has 0 amide bonds. The monoisotopic (exact) mass is 280 g/mol. The van der Waals surface area contributed by atoms with E-state index in [1.165, 1.54) is 13.2 Å². The first-order valence-electron chi connectivity index (χ1n) is 7.45. The topological polar surface area (TPSA) is 29.5 Å². The molecule has 0 radical (unpaired) electrons. The molecule has 0 spiro atoms. The SMILES string of the molecule is COc1ccc(C2(O)CC(C)CCC2C(C)C)c(F)c1. The number of aliphatic hydroxyl groups is 1. The highest BCUT2D eigenvalue weighted by Gasteiger charge is 2.45. The zero-order valence-corrected chi connectivity index (χ0v) is 12.8. The normalized spacial score (nSPS) is 30.6. The third kappa shape index (κ3) is 2.69. The van der Waals surface area contributed by atoms with Gasteiger partial charge >= 0.3 is 0 Å². The summed E-state index contributed by atoms with van der Waals surface area (Å²) in [7, 11) is 1.52. The molecule has 1 aliphatic rings. The van der Waals surface area contributed by atoms with Crippen LogP contribution >= 0.6 is 0 Å². The number of ether oxygens (including phenoxy) is 1. The predicted octanol–water partition coefficient (Wildman–Crippen LogP) is 4.11. The Kier molecular flexibility index (Phi) is 4.38. The van der Waals surface area contributed by atoms with E-state index in [1.54, 1.807) is 12.1 Å². The summed E-state index contributed by atoms with van der Waals surface area (Å²) >= 11 is 0. The average Bonchev–Trinajstić information content (AvgIpc) is 2.37. The number of hydrogen-bond acceptors (Lipinski definition) is 2. The molecule has 20 heavy (non-hydrogen) atoms. The van der Waals surface area contributed by atoms with Crippen LogP contribution in [0.5, 0.6) is 5.75 Å². The number of methoxy groups -OCH3 is 1. The average molecular weight is 280 g/mol. The van der Waals surface area contributed by atoms with Crippen molar-refractivity contribution in [2.24, 2.45) is 17.8 Å². The molecule has 1 aliphatic carbocycles. The van der Waals surface area contributed by atoms with Crippen molar-refractivity contribution in [2.75, 3.05) is 7.11 Å². The molecule has 1 fully saturated rings. The Labute approximate surface area is 121 Å². The van der Waals surface area contributed by atoms with Crippen LogP contribution in [0.25, 0.3) is 0 Å². The molecular weight excluding hydrogens is 255 g/mol. The summed E-state index contributed by atoms with van der Waals surface area (Å²) in [6.45, 7) is 6.34. The maximum atomic E-state index is 14.4. The van der Waals surface area contributed by atoms with Gasteiger partial charge in [0.15, 0.2) is 0 Å². The second-order valence-corrected chi connectivity index (χ2v) is 6.51. The highest BCUT2D eigenvalue weighted by atomic mass is 19.1. The molecule has 2 nitrogen and oxygen atoms in total. The summed E-state index contributed by atoms with van der Waals surface area (Å²) in [5, 5.41) is 11.2. The van der Waals surface area contributed by atoms with E-state index in [9.17, 15) is 9.50 Å². The van der Waals surface area contributed by atoms with Crippen molar-refractivity contribution in [1.29, 1.82) is 0 Å². The van der Waals surface area contributed by atoms with Gasteiger partial charge in [-0.2, -0.15) is 0 Å². The molecule has 0 bridgehead atoms. The summed E-state index contributed by atoms with van der Waals surface area (Å²) in [4.78, 5) is 0. The molecule has 3 heteroatoms. The van der Waals surface area contributed by atoms with E-state index in [0.717, 1.165) is 12.8 Å². The number of hydrogen-bond donors (Lipinski definition) is 1.